The Morgan fingerprint density at radius 1 is 0.966 bits per heavy atom. The van der Waals surface area contributed by atoms with Gasteiger partial charge in [-0.05, 0) is 86.0 Å². The molecule has 0 aliphatic heterocycles. The highest BCUT2D eigenvalue weighted by Gasteiger charge is 2.50. The summed E-state index contributed by atoms with van der Waals surface area (Å²) >= 11 is 0. The molecule has 4 bridgehead atoms. The van der Waals surface area contributed by atoms with Crippen LogP contribution in [0.3, 0.4) is 0 Å². The Bertz CT molecular complexity index is 973. The molecule has 154 valence electrons. The molecule has 0 radical (unpaired) electrons. The first-order valence-electron chi connectivity index (χ1n) is 10.6. The smallest absolute Gasteiger partial charge is 0.287 e. The largest absolute Gasteiger partial charge is 0.455 e. The summed E-state index contributed by atoms with van der Waals surface area (Å²) in [5.41, 5.74) is 0.260. The van der Waals surface area contributed by atoms with Crippen LogP contribution in [-0.4, -0.2) is 20.9 Å². The SMILES string of the molecule is O=C(NCC12CC3CC(CC(C3)C1)C2)c1ccc(CS(=O)(=O)c2ccccc2)o1. The molecule has 0 spiro atoms. The lowest BCUT2D eigenvalue weighted by atomic mass is 9.49. The zero-order chi connectivity index (χ0) is 20.1. The van der Waals surface area contributed by atoms with Gasteiger partial charge in [0.15, 0.2) is 15.6 Å². The minimum atomic E-state index is -3.49. The first-order valence-corrected chi connectivity index (χ1v) is 12.2. The predicted octanol–water partition coefficient (Wildman–Crippen LogP) is 4.20. The van der Waals surface area contributed by atoms with Gasteiger partial charge in [0.05, 0.1) is 4.90 Å². The molecule has 1 heterocycles. The maximum Gasteiger partial charge on any atom is 0.287 e. The van der Waals surface area contributed by atoms with E-state index in [0.29, 0.717) is 6.54 Å². The van der Waals surface area contributed by atoms with Crippen LogP contribution in [0.5, 0.6) is 0 Å². The number of amides is 1. The van der Waals surface area contributed by atoms with Crippen molar-refractivity contribution < 1.29 is 17.6 Å². The van der Waals surface area contributed by atoms with Crippen molar-refractivity contribution in [3.63, 3.8) is 0 Å². The van der Waals surface area contributed by atoms with Crippen LogP contribution in [0.2, 0.25) is 0 Å². The highest BCUT2D eigenvalue weighted by molar-refractivity contribution is 7.90. The van der Waals surface area contributed by atoms with Gasteiger partial charge in [-0.15, -0.1) is 0 Å². The van der Waals surface area contributed by atoms with E-state index in [9.17, 15) is 13.2 Å². The molecule has 2 aromatic rings. The normalized spacial score (nSPS) is 30.4. The number of carbonyl (C=O) groups is 1. The highest BCUT2D eigenvalue weighted by Crippen LogP contribution is 2.59. The molecule has 0 atom stereocenters. The van der Waals surface area contributed by atoms with Crippen molar-refractivity contribution in [3.8, 4) is 0 Å². The zero-order valence-corrected chi connectivity index (χ0v) is 17.3. The lowest BCUT2D eigenvalue weighted by Gasteiger charge is -2.56. The van der Waals surface area contributed by atoms with Gasteiger partial charge in [-0.25, -0.2) is 8.42 Å². The Morgan fingerprint density at radius 3 is 2.21 bits per heavy atom. The van der Waals surface area contributed by atoms with Crippen LogP contribution in [0.1, 0.15) is 54.8 Å². The molecule has 0 saturated heterocycles. The quantitative estimate of drug-likeness (QED) is 0.770. The van der Waals surface area contributed by atoms with Gasteiger partial charge < -0.3 is 9.73 Å². The maximum absolute atomic E-state index is 12.6. The van der Waals surface area contributed by atoms with Crippen LogP contribution in [0.25, 0.3) is 0 Å². The summed E-state index contributed by atoms with van der Waals surface area (Å²) in [4.78, 5) is 12.9. The van der Waals surface area contributed by atoms with E-state index in [4.69, 9.17) is 4.42 Å². The molecule has 1 aromatic carbocycles. The third kappa shape index (κ3) is 3.75. The van der Waals surface area contributed by atoms with Crippen molar-refractivity contribution >= 4 is 15.7 Å². The summed E-state index contributed by atoms with van der Waals surface area (Å²) < 4.78 is 30.6. The molecule has 1 aromatic heterocycles. The topological polar surface area (TPSA) is 76.4 Å². The number of benzene rings is 1. The third-order valence-electron chi connectivity index (χ3n) is 7.11. The van der Waals surface area contributed by atoms with Gasteiger partial charge >= 0.3 is 0 Å². The molecule has 5 nitrogen and oxygen atoms in total. The molecule has 1 amide bonds. The van der Waals surface area contributed by atoms with E-state index in [1.54, 1.807) is 42.5 Å². The summed E-state index contributed by atoms with van der Waals surface area (Å²) in [6, 6.07) is 11.5. The van der Waals surface area contributed by atoms with Crippen LogP contribution in [0, 0.1) is 23.2 Å². The van der Waals surface area contributed by atoms with Crippen LogP contribution >= 0.6 is 0 Å². The molecule has 1 N–H and O–H groups in total. The van der Waals surface area contributed by atoms with Crippen molar-refractivity contribution in [2.45, 2.75) is 49.2 Å². The van der Waals surface area contributed by atoms with Crippen molar-refractivity contribution in [1.29, 1.82) is 0 Å². The van der Waals surface area contributed by atoms with Crippen LogP contribution in [0.4, 0.5) is 0 Å². The summed E-state index contributed by atoms with van der Waals surface area (Å²) in [5, 5.41) is 3.08. The Balaban J connectivity index is 1.22. The van der Waals surface area contributed by atoms with E-state index < -0.39 is 9.84 Å². The van der Waals surface area contributed by atoms with E-state index in [1.807, 2.05) is 0 Å². The Hall–Kier alpha value is -2.08. The summed E-state index contributed by atoms with van der Waals surface area (Å²) in [7, 11) is -3.49. The van der Waals surface area contributed by atoms with E-state index in [1.165, 1.54) is 38.5 Å². The Labute approximate surface area is 171 Å². The fourth-order valence-electron chi connectivity index (χ4n) is 6.34. The van der Waals surface area contributed by atoms with Gasteiger partial charge in [0.25, 0.3) is 5.91 Å². The minimum Gasteiger partial charge on any atom is -0.455 e. The van der Waals surface area contributed by atoms with Gasteiger partial charge in [0.1, 0.15) is 11.5 Å². The number of hydrogen-bond acceptors (Lipinski definition) is 4. The average Bonchev–Trinajstić information content (AvgIpc) is 3.14. The van der Waals surface area contributed by atoms with Crippen LogP contribution < -0.4 is 5.32 Å². The van der Waals surface area contributed by atoms with Crippen molar-refractivity contribution in [1.82, 2.24) is 5.32 Å². The highest BCUT2D eigenvalue weighted by atomic mass is 32.2. The predicted molar refractivity (Wildman–Crippen MR) is 109 cm³/mol. The number of sulfone groups is 1. The van der Waals surface area contributed by atoms with Crippen molar-refractivity contribution in [3.05, 3.63) is 54.0 Å². The molecule has 4 aliphatic rings. The molecule has 4 saturated carbocycles. The second kappa shape index (κ2) is 7.01. The molecule has 29 heavy (non-hydrogen) atoms. The zero-order valence-electron chi connectivity index (χ0n) is 16.5. The van der Waals surface area contributed by atoms with Gasteiger partial charge in [-0.2, -0.15) is 0 Å². The summed E-state index contributed by atoms with van der Waals surface area (Å²) in [6.45, 7) is 0.702. The molecule has 6 rings (SSSR count). The average molecular weight is 414 g/mol. The first-order chi connectivity index (χ1) is 13.9. The second-order valence-corrected chi connectivity index (χ2v) is 11.4. The lowest BCUT2D eigenvalue weighted by molar-refractivity contribution is -0.0504. The number of furan rings is 1. The van der Waals surface area contributed by atoms with Gasteiger partial charge in [-0.1, -0.05) is 18.2 Å². The molecular formula is C23H27NO4S. The summed E-state index contributed by atoms with van der Waals surface area (Å²) in [5.74, 6) is 2.51. The van der Waals surface area contributed by atoms with Gasteiger partial charge in [-0.3, -0.25) is 4.79 Å². The van der Waals surface area contributed by atoms with E-state index >= 15 is 0 Å². The Morgan fingerprint density at radius 2 is 1.59 bits per heavy atom. The summed E-state index contributed by atoms with van der Waals surface area (Å²) in [6.07, 6.45) is 7.84. The minimum absolute atomic E-state index is 0.188. The van der Waals surface area contributed by atoms with Crippen molar-refractivity contribution in [2.75, 3.05) is 6.54 Å². The third-order valence-corrected chi connectivity index (χ3v) is 8.76. The standard InChI is InChI=1S/C23H27NO4S/c25-22(24-15-23-11-16-8-17(12-23)10-18(9-16)13-23)21-7-6-19(28-21)14-29(26,27)20-4-2-1-3-5-20/h1-7,16-18H,8-15H2,(H,24,25). The van der Waals surface area contributed by atoms with Gasteiger partial charge in [0.2, 0.25) is 0 Å². The second-order valence-electron chi connectivity index (χ2n) is 9.44. The fraction of sp³-hybridized carbons (Fsp3) is 0.522. The monoisotopic (exact) mass is 413 g/mol. The molecular weight excluding hydrogens is 386 g/mol. The van der Waals surface area contributed by atoms with Crippen LogP contribution in [0.15, 0.2) is 51.8 Å². The number of hydrogen-bond donors (Lipinski definition) is 1. The van der Waals surface area contributed by atoms with Crippen molar-refractivity contribution in [2.24, 2.45) is 23.2 Å². The van der Waals surface area contributed by atoms with E-state index in [0.717, 1.165) is 17.8 Å². The molecule has 4 aliphatic carbocycles. The first kappa shape index (κ1) is 18.9. The maximum atomic E-state index is 12.6. The van der Waals surface area contributed by atoms with E-state index in [-0.39, 0.29) is 33.5 Å². The number of nitrogens with one attached hydrogen (secondary N) is 1. The number of rotatable bonds is 6. The molecule has 4 fully saturated rings. The van der Waals surface area contributed by atoms with E-state index in [2.05, 4.69) is 5.32 Å². The van der Waals surface area contributed by atoms with Crippen LogP contribution in [-0.2, 0) is 15.6 Å². The molecule has 0 unspecified atom stereocenters. The fourth-order valence-corrected chi connectivity index (χ4v) is 7.61. The molecule has 6 heteroatoms. The van der Waals surface area contributed by atoms with Gasteiger partial charge in [0, 0.05) is 6.54 Å². The Kier molecular flexibility index (Phi) is 4.57. The lowest BCUT2D eigenvalue weighted by Crippen LogP contribution is -2.51. The number of carbonyl (C=O) groups excluding carboxylic acids is 1.